The van der Waals surface area contributed by atoms with Gasteiger partial charge in [0.15, 0.2) is 5.75 Å². The lowest BCUT2D eigenvalue weighted by Crippen LogP contribution is -2.50. The Kier molecular flexibility index (Phi) is 6.02. The van der Waals surface area contributed by atoms with E-state index in [-0.39, 0.29) is 6.09 Å². The maximum Gasteiger partial charge on any atom is 0.410 e. The maximum atomic E-state index is 12.2. The Labute approximate surface area is 166 Å². The lowest BCUT2D eigenvalue weighted by Gasteiger charge is -2.35. The lowest BCUT2D eigenvalue weighted by molar-refractivity contribution is 0.0240. The number of benzene rings is 1. The number of piperazine rings is 1. The number of carbonyl (C=O) groups excluding carboxylic acids is 1. The Morgan fingerprint density at radius 2 is 1.79 bits per heavy atom. The molecule has 0 atom stereocenters. The van der Waals surface area contributed by atoms with E-state index in [9.17, 15) is 4.79 Å². The molecule has 3 rings (SSSR count). The van der Waals surface area contributed by atoms with Crippen molar-refractivity contribution in [3.05, 3.63) is 47.8 Å². The molecule has 7 heteroatoms. The number of nitrogens with zero attached hydrogens (tertiary/aromatic N) is 4. The summed E-state index contributed by atoms with van der Waals surface area (Å²) in [6.45, 7) is 10.5. The summed E-state index contributed by atoms with van der Waals surface area (Å²) < 4.78 is 11.3. The third-order valence-corrected chi connectivity index (χ3v) is 4.37. The highest BCUT2D eigenvalue weighted by atomic mass is 16.6. The van der Waals surface area contributed by atoms with Crippen LogP contribution in [0, 0.1) is 6.92 Å². The van der Waals surface area contributed by atoms with Gasteiger partial charge in [-0.05, 0) is 33.3 Å². The van der Waals surface area contributed by atoms with Gasteiger partial charge in [-0.25, -0.2) is 14.8 Å². The molecule has 0 spiro atoms. The zero-order valence-corrected chi connectivity index (χ0v) is 17.0. The fraction of sp³-hybridized carbons (Fsp3) is 0.476. The fourth-order valence-electron chi connectivity index (χ4n) is 2.89. The number of amides is 1. The standard InChI is InChI=1S/C21H28N4O3/c1-16-18(27-15-17-8-6-5-7-9-17)14-22-19(23-16)24-10-12-25(13-11-24)20(26)28-21(2,3)4/h5-9,14H,10-13,15H2,1-4H3. The van der Waals surface area contributed by atoms with E-state index >= 15 is 0 Å². The molecule has 1 amide bonds. The number of aromatic nitrogens is 2. The van der Waals surface area contributed by atoms with Crippen LogP contribution in [0.25, 0.3) is 0 Å². The number of hydrogen-bond donors (Lipinski definition) is 0. The van der Waals surface area contributed by atoms with Crippen LogP contribution in [0.5, 0.6) is 5.75 Å². The molecular weight excluding hydrogens is 356 g/mol. The van der Waals surface area contributed by atoms with Crippen LogP contribution in [0.1, 0.15) is 32.0 Å². The van der Waals surface area contributed by atoms with Crippen LogP contribution < -0.4 is 9.64 Å². The largest absolute Gasteiger partial charge is 0.485 e. The van der Waals surface area contributed by atoms with E-state index in [0.717, 1.165) is 11.3 Å². The van der Waals surface area contributed by atoms with Crippen molar-refractivity contribution in [2.45, 2.75) is 39.9 Å². The summed E-state index contributed by atoms with van der Waals surface area (Å²) >= 11 is 0. The van der Waals surface area contributed by atoms with Gasteiger partial charge >= 0.3 is 6.09 Å². The summed E-state index contributed by atoms with van der Waals surface area (Å²) in [6, 6.07) is 10.0. The molecule has 1 fully saturated rings. The summed E-state index contributed by atoms with van der Waals surface area (Å²) in [4.78, 5) is 25.0. The van der Waals surface area contributed by atoms with Gasteiger partial charge in [-0.2, -0.15) is 0 Å². The van der Waals surface area contributed by atoms with Crippen LogP contribution in [0.4, 0.5) is 10.7 Å². The summed E-state index contributed by atoms with van der Waals surface area (Å²) in [5.74, 6) is 1.34. The molecule has 0 saturated carbocycles. The Bertz CT molecular complexity index is 797. The summed E-state index contributed by atoms with van der Waals surface area (Å²) in [6.07, 6.45) is 1.45. The van der Waals surface area contributed by atoms with E-state index in [1.165, 1.54) is 0 Å². The van der Waals surface area contributed by atoms with Gasteiger partial charge in [0.05, 0.1) is 11.9 Å². The van der Waals surface area contributed by atoms with Gasteiger partial charge in [0, 0.05) is 26.2 Å². The first-order chi connectivity index (χ1) is 13.3. The molecule has 28 heavy (non-hydrogen) atoms. The van der Waals surface area contributed by atoms with Crippen molar-refractivity contribution >= 4 is 12.0 Å². The molecule has 1 aromatic heterocycles. The molecule has 1 aromatic carbocycles. The highest BCUT2D eigenvalue weighted by molar-refractivity contribution is 5.68. The summed E-state index contributed by atoms with van der Waals surface area (Å²) in [7, 11) is 0. The molecule has 2 heterocycles. The number of ether oxygens (including phenoxy) is 2. The van der Waals surface area contributed by atoms with Gasteiger partial charge in [-0.1, -0.05) is 30.3 Å². The second-order valence-corrected chi connectivity index (χ2v) is 7.85. The lowest BCUT2D eigenvalue weighted by atomic mass is 10.2. The summed E-state index contributed by atoms with van der Waals surface area (Å²) in [5.41, 5.74) is 1.42. The van der Waals surface area contributed by atoms with Gasteiger partial charge < -0.3 is 19.3 Å². The first-order valence-electron chi connectivity index (χ1n) is 9.55. The third-order valence-electron chi connectivity index (χ3n) is 4.37. The highest BCUT2D eigenvalue weighted by Gasteiger charge is 2.26. The topological polar surface area (TPSA) is 67.8 Å². The third kappa shape index (κ3) is 5.34. The highest BCUT2D eigenvalue weighted by Crippen LogP contribution is 2.20. The minimum absolute atomic E-state index is 0.270. The van der Waals surface area contributed by atoms with E-state index in [1.807, 2.05) is 58.0 Å². The SMILES string of the molecule is Cc1nc(N2CCN(C(=O)OC(C)(C)C)CC2)ncc1OCc1ccccc1. The first kappa shape index (κ1) is 19.9. The monoisotopic (exact) mass is 384 g/mol. The average Bonchev–Trinajstić information content (AvgIpc) is 2.66. The number of anilines is 1. The molecule has 0 aliphatic carbocycles. The van der Waals surface area contributed by atoms with E-state index in [4.69, 9.17) is 9.47 Å². The van der Waals surface area contributed by atoms with E-state index in [0.29, 0.717) is 44.5 Å². The molecule has 7 nitrogen and oxygen atoms in total. The van der Waals surface area contributed by atoms with Crippen LogP contribution in [0.15, 0.2) is 36.5 Å². The van der Waals surface area contributed by atoms with Gasteiger partial charge in [0.2, 0.25) is 5.95 Å². The molecule has 0 unspecified atom stereocenters. The van der Waals surface area contributed by atoms with Crippen LogP contribution in [0.2, 0.25) is 0 Å². The van der Waals surface area contributed by atoms with Crippen molar-refractivity contribution in [3.63, 3.8) is 0 Å². The molecule has 150 valence electrons. The van der Waals surface area contributed by atoms with Crippen LogP contribution in [0.3, 0.4) is 0 Å². The van der Waals surface area contributed by atoms with E-state index in [2.05, 4.69) is 14.9 Å². The number of rotatable bonds is 4. The molecule has 1 aliphatic heterocycles. The minimum Gasteiger partial charge on any atom is -0.485 e. The Morgan fingerprint density at radius 3 is 2.39 bits per heavy atom. The Morgan fingerprint density at radius 1 is 1.11 bits per heavy atom. The second-order valence-electron chi connectivity index (χ2n) is 7.85. The quantitative estimate of drug-likeness (QED) is 0.805. The van der Waals surface area contributed by atoms with Crippen molar-refractivity contribution in [3.8, 4) is 5.75 Å². The van der Waals surface area contributed by atoms with Crippen molar-refractivity contribution < 1.29 is 14.3 Å². The van der Waals surface area contributed by atoms with Crippen LogP contribution in [-0.2, 0) is 11.3 Å². The summed E-state index contributed by atoms with van der Waals surface area (Å²) in [5, 5.41) is 0. The van der Waals surface area contributed by atoms with Crippen LogP contribution in [-0.4, -0.2) is 52.7 Å². The number of aryl methyl sites for hydroxylation is 1. The predicted octanol–water partition coefficient (Wildman–Crippen LogP) is 3.42. The molecule has 1 aliphatic rings. The molecule has 0 bridgehead atoms. The number of carbonyl (C=O) groups is 1. The zero-order chi connectivity index (χ0) is 20.1. The van der Waals surface area contributed by atoms with Crippen molar-refractivity contribution in [2.75, 3.05) is 31.1 Å². The van der Waals surface area contributed by atoms with E-state index in [1.54, 1.807) is 11.1 Å². The second kappa shape index (κ2) is 8.46. The molecule has 0 N–H and O–H groups in total. The fourth-order valence-corrected chi connectivity index (χ4v) is 2.89. The minimum atomic E-state index is -0.482. The first-order valence-corrected chi connectivity index (χ1v) is 9.55. The van der Waals surface area contributed by atoms with Gasteiger partial charge in [0.25, 0.3) is 0 Å². The van der Waals surface area contributed by atoms with E-state index < -0.39 is 5.60 Å². The molecular formula is C21H28N4O3. The van der Waals surface area contributed by atoms with Crippen molar-refractivity contribution in [1.29, 1.82) is 0 Å². The molecule has 0 radical (unpaired) electrons. The smallest absolute Gasteiger partial charge is 0.410 e. The molecule has 1 saturated heterocycles. The Hall–Kier alpha value is -2.83. The van der Waals surface area contributed by atoms with Gasteiger partial charge in [-0.15, -0.1) is 0 Å². The van der Waals surface area contributed by atoms with Crippen molar-refractivity contribution in [2.24, 2.45) is 0 Å². The van der Waals surface area contributed by atoms with Gasteiger partial charge in [-0.3, -0.25) is 0 Å². The zero-order valence-electron chi connectivity index (χ0n) is 17.0. The maximum absolute atomic E-state index is 12.2. The van der Waals surface area contributed by atoms with Crippen LogP contribution >= 0.6 is 0 Å². The number of hydrogen-bond acceptors (Lipinski definition) is 6. The van der Waals surface area contributed by atoms with Crippen molar-refractivity contribution in [1.82, 2.24) is 14.9 Å². The predicted molar refractivity (Wildman–Crippen MR) is 108 cm³/mol. The Balaban J connectivity index is 1.55. The normalized spacial score (nSPS) is 14.7. The average molecular weight is 384 g/mol. The van der Waals surface area contributed by atoms with Gasteiger partial charge in [0.1, 0.15) is 12.2 Å². The molecule has 2 aromatic rings.